The van der Waals surface area contributed by atoms with E-state index < -0.39 is 12.2 Å². The summed E-state index contributed by atoms with van der Waals surface area (Å²) < 4.78 is 11.6. The van der Waals surface area contributed by atoms with Gasteiger partial charge in [-0.05, 0) is 80.7 Å². The quantitative estimate of drug-likeness (QED) is 0.204. The lowest BCUT2D eigenvalue weighted by Crippen LogP contribution is -2.57. The Bertz CT molecular complexity index is 1640. The molecule has 2 aromatic carbocycles. The standard InChI is InChI=1S/C43H62N6O7/c1-4-5-6-9-26-55-39(50)30-45-17-13-35(14-18-45)46-22-24-47(25-23-46)41(52)38(29-33-27-31(2)40(51)32(3)28-33)56-43(54)48-19-15-36(16-20-48)49-21-12-34-10-7-8-11-37(34)44-42(49)53/h7-8,10-11,27-28,35-36,38,51H,4-6,9,12-26,29-30H2,1-3H3,(H,44,53)/t38-/m1/s1. The van der Waals surface area contributed by atoms with Crippen LogP contribution in [0, 0.1) is 13.8 Å². The number of benzene rings is 2. The van der Waals surface area contributed by atoms with Crippen LogP contribution in [-0.2, 0) is 31.9 Å². The Labute approximate surface area is 332 Å². The van der Waals surface area contributed by atoms with E-state index >= 15 is 0 Å². The van der Waals surface area contributed by atoms with Gasteiger partial charge in [-0.1, -0.05) is 56.5 Å². The van der Waals surface area contributed by atoms with Gasteiger partial charge < -0.3 is 34.6 Å². The molecule has 1 atom stereocenters. The lowest BCUT2D eigenvalue weighted by atomic mass is 10.00. The van der Waals surface area contributed by atoms with Crippen LogP contribution in [0.1, 0.15) is 80.5 Å². The maximum Gasteiger partial charge on any atom is 0.410 e. The Hall–Kier alpha value is -4.36. The molecule has 4 aliphatic heterocycles. The molecule has 13 nitrogen and oxygen atoms in total. The van der Waals surface area contributed by atoms with Gasteiger partial charge in [-0.3, -0.25) is 19.4 Å². The van der Waals surface area contributed by atoms with E-state index in [4.69, 9.17) is 9.47 Å². The second-order valence-corrected chi connectivity index (χ2v) is 16.1. The molecule has 0 radical (unpaired) electrons. The van der Waals surface area contributed by atoms with Gasteiger partial charge in [0.05, 0.1) is 13.2 Å². The van der Waals surface area contributed by atoms with Crippen molar-refractivity contribution < 1.29 is 33.8 Å². The second-order valence-electron chi connectivity index (χ2n) is 16.1. The minimum Gasteiger partial charge on any atom is -0.507 e. The molecule has 2 N–H and O–H groups in total. The van der Waals surface area contributed by atoms with Crippen molar-refractivity contribution in [3.05, 3.63) is 58.7 Å². The fourth-order valence-electron chi connectivity index (χ4n) is 8.75. The number of rotatable bonds is 13. The van der Waals surface area contributed by atoms with Crippen LogP contribution in [0.3, 0.4) is 0 Å². The van der Waals surface area contributed by atoms with Gasteiger partial charge in [0, 0.05) is 83.1 Å². The maximum atomic E-state index is 14.2. The number of urea groups is 1. The molecule has 306 valence electrons. The molecular formula is C43H62N6O7. The second kappa shape index (κ2) is 19.7. The van der Waals surface area contributed by atoms with E-state index in [9.17, 15) is 24.3 Å². The predicted octanol–water partition coefficient (Wildman–Crippen LogP) is 5.34. The molecule has 0 unspecified atom stereocenters. The van der Waals surface area contributed by atoms with Crippen LogP contribution in [0.15, 0.2) is 36.4 Å². The third kappa shape index (κ3) is 10.7. The number of carbonyl (C=O) groups excluding carboxylic acids is 4. The number of piperidine rings is 2. The fraction of sp³-hybridized carbons (Fsp3) is 0.628. The normalized spacial score (nSPS) is 19.6. The van der Waals surface area contributed by atoms with Crippen molar-refractivity contribution in [2.75, 3.05) is 77.4 Å². The highest BCUT2D eigenvalue weighted by Gasteiger charge is 2.36. The van der Waals surface area contributed by atoms with Gasteiger partial charge in [0.2, 0.25) is 0 Å². The molecule has 0 aromatic heterocycles. The minimum absolute atomic E-state index is 0.00103. The Balaban J connectivity index is 1.00. The summed E-state index contributed by atoms with van der Waals surface area (Å²) in [7, 11) is 0. The number of esters is 1. The van der Waals surface area contributed by atoms with E-state index in [0.29, 0.717) is 75.9 Å². The molecule has 4 heterocycles. The van der Waals surface area contributed by atoms with E-state index in [1.54, 1.807) is 4.90 Å². The van der Waals surface area contributed by atoms with Crippen LogP contribution >= 0.6 is 0 Å². The molecular weight excluding hydrogens is 713 g/mol. The summed E-state index contributed by atoms with van der Waals surface area (Å²) in [5.74, 6) is -0.129. The first kappa shape index (κ1) is 41.3. The molecule has 4 amide bonds. The van der Waals surface area contributed by atoms with Crippen molar-refractivity contribution in [2.45, 2.75) is 103 Å². The van der Waals surface area contributed by atoms with Crippen molar-refractivity contribution >= 4 is 29.7 Å². The van der Waals surface area contributed by atoms with Gasteiger partial charge in [0.15, 0.2) is 6.10 Å². The lowest BCUT2D eigenvalue weighted by molar-refractivity contribution is -0.145. The van der Waals surface area contributed by atoms with Crippen LogP contribution in [0.2, 0.25) is 0 Å². The van der Waals surface area contributed by atoms with Crippen molar-refractivity contribution in [3.63, 3.8) is 0 Å². The highest BCUT2D eigenvalue weighted by molar-refractivity contribution is 5.91. The average molecular weight is 775 g/mol. The number of phenols is 1. The van der Waals surface area contributed by atoms with Crippen molar-refractivity contribution in [1.82, 2.24) is 24.5 Å². The van der Waals surface area contributed by atoms with Crippen molar-refractivity contribution in [1.29, 1.82) is 0 Å². The molecule has 13 heteroatoms. The van der Waals surface area contributed by atoms with E-state index in [-0.39, 0.29) is 36.1 Å². The first-order chi connectivity index (χ1) is 27.1. The summed E-state index contributed by atoms with van der Waals surface area (Å²) in [4.78, 5) is 63.4. The van der Waals surface area contributed by atoms with Gasteiger partial charge >= 0.3 is 18.1 Å². The minimum atomic E-state index is -1.01. The van der Waals surface area contributed by atoms with Crippen LogP contribution in [0.4, 0.5) is 15.3 Å². The SMILES string of the molecule is CCCCCCOC(=O)CN1CCC(N2CCN(C(=O)[C@@H](Cc3cc(C)c(O)c(C)c3)OC(=O)N3CCC(N4CCc5ccccc5NC4=O)CC3)CC2)CC1. The molecule has 3 saturated heterocycles. The third-order valence-corrected chi connectivity index (χ3v) is 12.1. The van der Waals surface area contributed by atoms with Gasteiger partial charge in [-0.2, -0.15) is 0 Å². The monoisotopic (exact) mass is 774 g/mol. The molecule has 3 fully saturated rings. The zero-order valence-corrected chi connectivity index (χ0v) is 33.7. The van der Waals surface area contributed by atoms with Gasteiger partial charge in [-0.15, -0.1) is 0 Å². The molecule has 0 aliphatic carbocycles. The van der Waals surface area contributed by atoms with Crippen molar-refractivity contribution in [2.24, 2.45) is 0 Å². The Morgan fingerprint density at radius 2 is 1.52 bits per heavy atom. The molecule has 2 aromatic rings. The maximum absolute atomic E-state index is 14.2. The highest BCUT2D eigenvalue weighted by atomic mass is 16.6. The number of aryl methyl sites for hydroxylation is 2. The average Bonchev–Trinajstić information content (AvgIpc) is 3.37. The number of hydrogen-bond donors (Lipinski definition) is 2. The summed E-state index contributed by atoms with van der Waals surface area (Å²) in [5, 5.41) is 13.5. The van der Waals surface area contributed by atoms with Crippen LogP contribution < -0.4 is 5.32 Å². The number of amides is 4. The molecule has 0 spiro atoms. The van der Waals surface area contributed by atoms with E-state index in [1.165, 1.54) is 6.42 Å². The molecule has 4 aliphatic rings. The largest absolute Gasteiger partial charge is 0.507 e. The summed E-state index contributed by atoms with van der Waals surface area (Å²) in [6.45, 7) is 12.4. The first-order valence-corrected chi connectivity index (χ1v) is 20.9. The molecule has 0 saturated carbocycles. The Kier molecular flexibility index (Phi) is 14.5. The number of nitrogens with zero attached hydrogens (tertiary/aromatic N) is 5. The Morgan fingerprint density at radius 1 is 0.839 bits per heavy atom. The number of carbonyl (C=O) groups is 4. The highest BCUT2D eigenvalue weighted by Crippen LogP contribution is 2.27. The molecule has 56 heavy (non-hydrogen) atoms. The number of phenolic OH excluding ortho intramolecular Hbond substituents is 1. The predicted molar refractivity (Wildman–Crippen MR) is 215 cm³/mol. The molecule has 0 bridgehead atoms. The smallest absolute Gasteiger partial charge is 0.410 e. The van der Waals surface area contributed by atoms with Gasteiger partial charge in [0.25, 0.3) is 5.91 Å². The number of ether oxygens (including phenoxy) is 2. The van der Waals surface area contributed by atoms with Gasteiger partial charge in [-0.25, -0.2) is 9.59 Å². The summed E-state index contributed by atoms with van der Waals surface area (Å²) in [6.07, 6.45) is 6.95. The number of likely N-dealkylation sites (tertiary alicyclic amines) is 2. The van der Waals surface area contributed by atoms with Crippen LogP contribution in [0.25, 0.3) is 0 Å². The van der Waals surface area contributed by atoms with Crippen LogP contribution in [0.5, 0.6) is 5.75 Å². The summed E-state index contributed by atoms with van der Waals surface area (Å²) in [5.41, 5.74) is 4.20. The zero-order valence-electron chi connectivity index (χ0n) is 33.7. The number of fused-ring (bicyclic) bond motifs is 1. The van der Waals surface area contributed by atoms with E-state index in [0.717, 1.165) is 81.5 Å². The summed E-state index contributed by atoms with van der Waals surface area (Å²) in [6, 6.07) is 11.9. The topological polar surface area (TPSA) is 135 Å². The number of piperazine rings is 1. The molecule has 6 rings (SSSR count). The number of unbranched alkanes of at least 4 members (excludes halogenated alkanes) is 3. The fourth-order valence-corrected chi connectivity index (χ4v) is 8.75. The van der Waals surface area contributed by atoms with E-state index in [2.05, 4.69) is 22.0 Å². The van der Waals surface area contributed by atoms with Gasteiger partial charge in [0.1, 0.15) is 5.75 Å². The first-order valence-electron chi connectivity index (χ1n) is 20.9. The number of aromatic hydroxyl groups is 1. The third-order valence-electron chi connectivity index (χ3n) is 12.1. The number of hydrogen-bond acceptors (Lipinski definition) is 9. The van der Waals surface area contributed by atoms with Crippen molar-refractivity contribution in [3.8, 4) is 5.75 Å². The number of anilines is 1. The Morgan fingerprint density at radius 3 is 2.21 bits per heavy atom. The number of para-hydroxylation sites is 1. The summed E-state index contributed by atoms with van der Waals surface area (Å²) >= 11 is 0. The van der Waals surface area contributed by atoms with Crippen LogP contribution in [-0.4, -0.2) is 144 Å². The van der Waals surface area contributed by atoms with E-state index in [1.807, 2.05) is 60.0 Å². The number of nitrogens with one attached hydrogen (secondary N) is 1. The zero-order chi connectivity index (χ0) is 39.6. The lowest BCUT2D eigenvalue weighted by Gasteiger charge is -2.43.